The van der Waals surface area contributed by atoms with Crippen LogP contribution >= 0.6 is 0 Å². The van der Waals surface area contributed by atoms with E-state index in [2.05, 4.69) is 0 Å². The number of carbonyl (C=O) groups excluding carboxylic acids is 1. The summed E-state index contributed by atoms with van der Waals surface area (Å²) >= 11 is 0. The van der Waals surface area contributed by atoms with E-state index in [9.17, 15) is 9.90 Å². The molecule has 1 amide bonds. The van der Waals surface area contributed by atoms with E-state index in [0.717, 1.165) is 19.3 Å². The smallest absolute Gasteiger partial charge is 0.410 e. The van der Waals surface area contributed by atoms with E-state index >= 15 is 0 Å². The number of aliphatic hydroxyl groups excluding tert-OH is 2. The Kier molecular flexibility index (Phi) is 5.41. The predicted molar refractivity (Wildman–Crippen MR) is 68.3 cm³/mol. The van der Waals surface area contributed by atoms with Gasteiger partial charge in [-0.05, 0) is 46.5 Å². The molecule has 5 heteroatoms. The van der Waals surface area contributed by atoms with Gasteiger partial charge in [0.15, 0.2) is 0 Å². The Morgan fingerprint density at radius 3 is 2.67 bits per heavy atom. The number of rotatable bonds is 3. The second-order valence-electron chi connectivity index (χ2n) is 5.82. The van der Waals surface area contributed by atoms with E-state index < -0.39 is 11.7 Å². The zero-order valence-corrected chi connectivity index (χ0v) is 11.6. The second-order valence-corrected chi connectivity index (χ2v) is 5.82. The third-order valence-corrected chi connectivity index (χ3v) is 3.05. The molecule has 0 aliphatic carbocycles. The maximum atomic E-state index is 12.1. The number of nitrogens with zero attached hydrogens (tertiary/aromatic N) is 1. The van der Waals surface area contributed by atoms with Crippen LogP contribution < -0.4 is 0 Å². The summed E-state index contributed by atoms with van der Waals surface area (Å²) < 4.78 is 5.35. The van der Waals surface area contributed by atoms with Crippen molar-refractivity contribution >= 4 is 6.09 Å². The molecule has 0 aromatic rings. The maximum absolute atomic E-state index is 12.1. The maximum Gasteiger partial charge on any atom is 0.410 e. The van der Waals surface area contributed by atoms with E-state index in [1.807, 2.05) is 20.8 Å². The molecule has 0 spiro atoms. The van der Waals surface area contributed by atoms with Gasteiger partial charge in [-0.3, -0.25) is 0 Å². The SMILES string of the molecule is CC(C)(C)OC(=O)N1CCCC[C@H]1[C@@H](O)CCO. The van der Waals surface area contributed by atoms with E-state index in [1.165, 1.54) is 0 Å². The number of piperidine rings is 1. The molecule has 2 N–H and O–H groups in total. The van der Waals surface area contributed by atoms with Crippen LogP contribution in [-0.2, 0) is 4.74 Å². The van der Waals surface area contributed by atoms with E-state index in [1.54, 1.807) is 4.90 Å². The Hall–Kier alpha value is -0.810. The third kappa shape index (κ3) is 4.46. The molecule has 106 valence electrons. The highest BCUT2D eigenvalue weighted by Crippen LogP contribution is 2.23. The monoisotopic (exact) mass is 259 g/mol. The molecule has 0 radical (unpaired) electrons. The van der Waals surface area contributed by atoms with Gasteiger partial charge in [0.05, 0.1) is 12.1 Å². The highest BCUT2D eigenvalue weighted by Gasteiger charge is 2.34. The van der Waals surface area contributed by atoms with Crippen LogP contribution in [0, 0.1) is 0 Å². The first-order valence-electron chi connectivity index (χ1n) is 6.63. The van der Waals surface area contributed by atoms with Gasteiger partial charge in [-0.2, -0.15) is 0 Å². The molecular formula is C13H25NO4. The minimum atomic E-state index is -0.678. The lowest BCUT2D eigenvalue weighted by Crippen LogP contribution is -2.51. The molecule has 0 aromatic carbocycles. The number of carbonyl (C=O) groups is 1. The molecule has 0 aromatic heterocycles. The van der Waals surface area contributed by atoms with Gasteiger partial charge in [-0.1, -0.05) is 0 Å². The standard InChI is InChI=1S/C13H25NO4/c1-13(2,3)18-12(17)14-8-5-4-6-10(14)11(16)7-9-15/h10-11,15-16H,4-9H2,1-3H3/t10-,11-/m0/s1. The minimum absolute atomic E-state index is 0.0696. The van der Waals surface area contributed by atoms with Crippen molar-refractivity contribution in [2.24, 2.45) is 0 Å². The molecule has 1 heterocycles. The van der Waals surface area contributed by atoms with E-state index in [0.29, 0.717) is 13.0 Å². The summed E-state index contributed by atoms with van der Waals surface area (Å²) in [7, 11) is 0. The van der Waals surface area contributed by atoms with Crippen LogP contribution in [0.4, 0.5) is 4.79 Å². The largest absolute Gasteiger partial charge is 0.444 e. The quantitative estimate of drug-likeness (QED) is 0.806. The van der Waals surface area contributed by atoms with E-state index in [-0.39, 0.29) is 18.7 Å². The number of ether oxygens (including phenoxy) is 1. The Bertz CT molecular complexity index is 275. The lowest BCUT2D eigenvalue weighted by molar-refractivity contribution is -0.0210. The number of aliphatic hydroxyl groups is 2. The molecule has 0 unspecified atom stereocenters. The number of amides is 1. The fraction of sp³-hybridized carbons (Fsp3) is 0.923. The topological polar surface area (TPSA) is 70.0 Å². The van der Waals surface area contributed by atoms with Crippen LogP contribution in [0.15, 0.2) is 0 Å². The van der Waals surface area contributed by atoms with Crippen molar-refractivity contribution in [2.75, 3.05) is 13.2 Å². The lowest BCUT2D eigenvalue weighted by atomic mass is 9.96. The highest BCUT2D eigenvalue weighted by molar-refractivity contribution is 5.68. The number of likely N-dealkylation sites (tertiary alicyclic amines) is 1. The molecule has 1 aliphatic rings. The average molecular weight is 259 g/mol. The summed E-state index contributed by atoms with van der Waals surface area (Å²) in [5.74, 6) is 0. The van der Waals surface area contributed by atoms with Crippen LogP contribution in [-0.4, -0.2) is 52.1 Å². The Morgan fingerprint density at radius 2 is 2.11 bits per heavy atom. The third-order valence-electron chi connectivity index (χ3n) is 3.05. The van der Waals surface area contributed by atoms with Crippen LogP contribution in [0.25, 0.3) is 0 Å². The highest BCUT2D eigenvalue weighted by atomic mass is 16.6. The number of hydrogen-bond acceptors (Lipinski definition) is 4. The van der Waals surface area contributed by atoms with Crippen molar-refractivity contribution < 1.29 is 19.7 Å². The van der Waals surface area contributed by atoms with Crippen molar-refractivity contribution in [1.82, 2.24) is 4.90 Å². The Labute approximate surface area is 109 Å². The molecule has 1 rings (SSSR count). The average Bonchev–Trinajstić information content (AvgIpc) is 2.27. The van der Waals surface area contributed by atoms with Gasteiger partial charge in [0.2, 0.25) is 0 Å². The van der Waals surface area contributed by atoms with E-state index in [4.69, 9.17) is 9.84 Å². The molecule has 2 atom stereocenters. The summed E-state index contributed by atoms with van der Waals surface area (Å²) in [5, 5.41) is 18.9. The fourth-order valence-corrected chi connectivity index (χ4v) is 2.23. The van der Waals surface area contributed by atoms with Crippen molar-refractivity contribution in [3.63, 3.8) is 0 Å². The molecule has 18 heavy (non-hydrogen) atoms. The van der Waals surface area contributed by atoms with Crippen LogP contribution in [0.1, 0.15) is 46.5 Å². The van der Waals surface area contributed by atoms with Crippen molar-refractivity contribution in [3.05, 3.63) is 0 Å². The summed E-state index contributed by atoms with van der Waals surface area (Å²) in [6.07, 6.45) is 1.94. The second kappa shape index (κ2) is 6.38. The van der Waals surface area contributed by atoms with Gasteiger partial charge < -0.3 is 19.8 Å². The summed E-state index contributed by atoms with van der Waals surface area (Å²) in [6.45, 7) is 6.03. The fourth-order valence-electron chi connectivity index (χ4n) is 2.23. The van der Waals surface area contributed by atoms with Crippen LogP contribution in [0.5, 0.6) is 0 Å². The molecule has 1 fully saturated rings. The molecular weight excluding hydrogens is 234 g/mol. The van der Waals surface area contributed by atoms with Gasteiger partial charge in [-0.25, -0.2) is 4.79 Å². The first-order valence-corrected chi connectivity index (χ1v) is 6.63. The molecule has 5 nitrogen and oxygen atoms in total. The molecule has 0 saturated carbocycles. The van der Waals surface area contributed by atoms with Crippen molar-refractivity contribution in [2.45, 2.75) is 64.2 Å². The van der Waals surface area contributed by atoms with Gasteiger partial charge in [0.25, 0.3) is 0 Å². The zero-order chi connectivity index (χ0) is 13.8. The first-order chi connectivity index (χ1) is 8.35. The van der Waals surface area contributed by atoms with Gasteiger partial charge in [-0.15, -0.1) is 0 Å². The van der Waals surface area contributed by atoms with Gasteiger partial charge in [0, 0.05) is 13.2 Å². The zero-order valence-electron chi connectivity index (χ0n) is 11.6. The van der Waals surface area contributed by atoms with Crippen molar-refractivity contribution in [1.29, 1.82) is 0 Å². The van der Waals surface area contributed by atoms with Gasteiger partial charge in [0.1, 0.15) is 5.60 Å². The van der Waals surface area contributed by atoms with Gasteiger partial charge >= 0.3 is 6.09 Å². The summed E-state index contributed by atoms with van der Waals surface area (Å²) in [5.41, 5.74) is -0.527. The minimum Gasteiger partial charge on any atom is -0.444 e. The summed E-state index contributed by atoms with van der Waals surface area (Å²) in [6, 6.07) is -0.235. The molecule has 0 bridgehead atoms. The normalized spacial score (nSPS) is 22.7. The van der Waals surface area contributed by atoms with Crippen LogP contribution in [0.2, 0.25) is 0 Å². The molecule has 1 aliphatic heterocycles. The Balaban J connectivity index is 2.67. The first kappa shape index (κ1) is 15.2. The Morgan fingerprint density at radius 1 is 1.44 bits per heavy atom. The van der Waals surface area contributed by atoms with Crippen molar-refractivity contribution in [3.8, 4) is 0 Å². The van der Waals surface area contributed by atoms with Crippen LogP contribution in [0.3, 0.4) is 0 Å². The summed E-state index contributed by atoms with van der Waals surface area (Å²) in [4.78, 5) is 13.7. The number of hydrogen-bond donors (Lipinski definition) is 2. The predicted octanol–water partition coefficient (Wildman–Crippen LogP) is 1.52. The molecule has 1 saturated heterocycles. The lowest BCUT2D eigenvalue weighted by Gasteiger charge is -2.39.